The summed E-state index contributed by atoms with van der Waals surface area (Å²) in [6.45, 7) is -2.97. The SMILES string of the molecule is CN1C(=O)CC(NC(=O)N(CC(=O)O)CC(F)(F)F)C1=O. The third-order valence-electron chi connectivity index (χ3n) is 2.66. The molecule has 8 nitrogen and oxygen atoms in total. The zero-order valence-corrected chi connectivity index (χ0v) is 10.8. The predicted octanol–water partition coefficient (Wildman–Crippen LogP) is -0.598. The number of nitrogens with zero attached hydrogens (tertiary/aromatic N) is 2. The lowest BCUT2D eigenvalue weighted by molar-refractivity contribution is -0.149. The Labute approximate surface area is 116 Å². The molecule has 1 aliphatic rings. The van der Waals surface area contributed by atoms with E-state index in [-0.39, 0.29) is 11.3 Å². The number of carbonyl (C=O) groups is 4. The number of aliphatic carboxylic acids is 1. The topological polar surface area (TPSA) is 107 Å². The van der Waals surface area contributed by atoms with Crippen molar-refractivity contribution >= 4 is 23.8 Å². The Morgan fingerprint density at radius 1 is 1.43 bits per heavy atom. The summed E-state index contributed by atoms with van der Waals surface area (Å²) in [6, 6.07) is -2.67. The van der Waals surface area contributed by atoms with Gasteiger partial charge in [0, 0.05) is 7.05 Å². The standard InChI is InChI=1S/C10H12F3N3O5/c1-15-6(17)2-5(8(15)20)14-9(21)16(3-7(18)19)4-10(11,12)13/h5H,2-4H2,1H3,(H,14,21)(H,18,19). The maximum absolute atomic E-state index is 12.3. The van der Waals surface area contributed by atoms with Crippen LogP contribution < -0.4 is 5.32 Å². The maximum atomic E-state index is 12.3. The monoisotopic (exact) mass is 311 g/mol. The second kappa shape index (κ2) is 5.97. The molecule has 0 saturated carbocycles. The fourth-order valence-electron chi connectivity index (χ4n) is 1.69. The first-order valence-corrected chi connectivity index (χ1v) is 5.65. The van der Waals surface area contributed by atoms with Crippen LogP contribution in [0.25, 0.3) is 0 Å². The number of hydrogen-bond donors (Lipinski definition) is 2. The molecule has 4 amide bonds. The third-order valence-corrected chi connectivity index (χ3v) is 2.66. The van der Waals surface area contributed by atoms with Crippen molar-refractivity contribution in [2.24, 2.45) is 0 Å². The van der Waals surface area contributed by atoms with Crippen molar-refractivity contribution in [3.05, 3.63) is 0 Å². The van der Waals surface area contributed by atoms with Gasteiger partial charge in [0.05, 0.1) is 6.42 Å². The summed E-state index contributed by atoms with van der Waals surface area (Å²) in [5.74, 6) is -3.00. The summed E-state index contributed by atoms with van der Waals surface area (Å²) in [7, 11) is 1.17. The molecule has 21 heavy (non-hydrogen) atoms. The van der Waals surface area contributed by atoms with Crippen LogP contribution in [0.2, 0.25) is 0 Å². The van der Waals surface area contributed by atoms with Crippen LogP contribution in [0.15, 0.2) is 0 Å². The highest BCUT2D eigenvalue weighted by atomic mass is 19.4. The van der Waals surface area contributed by atoms with E-state index < -0.39 is 49.1 Å². The first kappa shape index (κ1) is 16.7. The molecular weight excluding hydrogens is 299 g/mol. The molecule has 0 aromatic rings. The van der Waals surface area contributed by atoms with E-state index in [0.717, 1.165) is 4.90 Å². The molecular formula is C10H12F3N3O5. The first-order chi connectivity index (χ1) is 9.51. The van der Waals surface area contributed by atoms with Gasteiger partial charge < -0.3 is 15.3 Å². The maximum Gasteiger partial charge on any atom is 0.406 e. The van der Waals surface area contributed by atoms with Gasteiger partial charge in [0.1, 0.15) is 19.1 Å². The van der Waals surface area contributed by atoms with Gasteiger partial charge in [-0.25, -0.2) is 4.79 Å². The van der Waals surface area contributed by atoms with Crippen molar-refractivity contribution in [3.8, 4) is 0 Å². The highest BCUT2D eigenvalue weighted by Gasteiger charge is 2.39. The molecule has 0 aromatic carbocycles. The van der Waals surface area contributed by atoms with Crippen molar-refractivity contribution in [3.63, 3.8) is 0 Å². The summed E-state index contributed by atoms with van der Waals surface area (Å²) < 4.78 is 36.9. The number of halogens is 3. The van der Waals surface area contributed by atoms with Gasteiger partial charge in [0.15, 0.2) is 0 Å². The van der Waals surface area contributed by atoms with E-state index in [4.69, 9.17) is 5.11 Å². The minimum atomic E-state index is -4.79. The molecule has 1 atom stereocenters. The lowest BCUT2D eigenvalue weighted by atomic mass is 10.2. The van der Waals surface area contributed by atoms with E-state index in [0.29, 0.717) is 0 Å². The van der Waals surface area contributed by atoms with Crippen LogP contribution >= 0.6 is 0 Å². The van der Waals surface area contributed by atoms with E-state index in [1.165, 1.54) is 7.05 Å². The molecule has 0 bridgehead atoms. The summed E-state index contributed by atoms with van der Waals surface area (Å²) >= 11 is 0. The Kier molecular flexibility index (Phi) is 4.76. The van der Waals surface area contributed by atoms with Crippen LogP contribution in [0.5, 0.6) is 0 Å². The lowest BCUT2D eigenvalue weighted by Crippen LogP contribution is -2.51. The van der Waals surface area contributed by atoms with Gasteiger partial charge in [-0.15, -0.1) is 0 Å². The van der Waals surface area contributed by atoms with Gasteiger partial charge in [0.2, 0.25) is 5.91 Å². The van der Waals surface area contributed by atoms with E-state index >= 15 is 0 Å². The van der Waals surface area contributed by atoms with Crippen LogP contribution in [-0.2, 0) is 14.4 Å². The average Bonchev–Trinajstić information content (AvgIpc) is 2.54. The quantitative estimate of drug-likeness (QED) is 0.674. The summed E-state index contributed by atoms with van der Waals surface area (Å²) in [5.41, 5.74) is 0. The van der Waals surface area contributed by atoms with Gasteiger partial charge in [-0.2, -0.15) is 13.2 Å². The molecule has 1 unspecified atom stereocenters. The fraction of sp³-hybridized carbons (Fsp3) is 0.600. The number of carboxylic acids is 1. The summed E-state index contributed by atoms with van der Waals surface area (Å²) in [5, 5.41) is 10.4. The molecule has 1 rings (SSSR count). The first-order valence-electron chi connectivity index (χ1n) is 5.65. The van der Waals surface area contributed by atoms with Gasteiger partial charge >= 0.3 is 18.2 Å². The molecule has 1 saturated heterocycles. The Morgan fingerprint density at radius 2 is 2.00 bits per heavy atom. The molecule has 0 spiro atoms. The van der Waals surface area contributed by atoms with E-state index in [1.807, 2.05) is 5.32 Å². The number of carboxylic acid groups (broad SMARTS) is 1. The molecule has 0 aliphatic carbocycles. The number of alkyl halides is 3. The largest absolute Gasteiger partial charge is 0.480 e. The Balaban J connectivity index is 2.75. The summed E-state index contributed by atoms with van der Waals surface area (Å²) in [6.07, 6.45) is -5.17. The van der Waals surface area contributed by atoms with Crippen molar-refractivity contribution in [1.82, 2.24) is 15.1 Å². The van der Waals surface area contributed by atoms with Crippen molar-refractivity contribution in [1.29, 1.82) is 0 Å². The van der Waals surface area contributed by atoms with Gasteiger partial charge in [-0.1, -0.05) is 0 Å². The molecule has 1 heterocycles. The number of likely N-dealkylation sites (N-methyl/N-ethyl adjacent to an activating group) is 1. The molecule has 118 valence electrons. The van der Waals surface area contributed by atoms with Crippen LogP contribution in [0.3, 0.4) is 0 Å². The number of likely N-dealkylation sites (tertiary alicyclic amines) is 1. The highest BCUT2D eigenvalue weighted by molar-refractivity contribution is 6.06. The number of urea groups is 1. The minimum absolute atomic E-state index is 0.00158. The zero-order valence-electron chi connectivity index (χ0n) is 10.8. The molecule has 11 heteroatoms. The number of rotatable bonds is 4. The van der Waals surface area contributed by atoms with Crippen molar-refractivity contribution < 1.29 is 37.5 Å². The molecule has 2 N–H and O–H groups in total. The van der Waals surface area contributed by atoms with Gasteiger partial charge in [0.25, 0.3) is 5.91 Å². The smallest absolute Gasteiger partial charge is 0.406 e. The van der Waals surface area contributed by atoms with Gasteiger partial charge in [-0.3, -0.25) is 19.3 Å². The van der Waals surface area contributed by atoms with E-state index in [9.17, 15) is 32.3 Å². The van der Waals surface area contributed by atoms with Crippen LogP contribution in [0.1, 0.15) is 6.42 Å². The summed E-state index contributed by atoms with van der Waals surface area (Å²) in [4.78, 5) is 45.6. The normalized spacial score (nSPS) is 18.9. The van der Waals surface area contributed by atoms with Gasteiger partial charge in [-0.05, 0) is 0 Å². The molecule has 0 radical (unpaired) electrons. The molecule has 0 aromatic heterocycles. The fourth-order valence-corrected chi connectivity index (χ4v) is 1.69. The number of imide groups is 1. The number of carbonyl (C=O) groups excluding carboxylic acids is 3. The Morgan fingerprint density at radius 3 is 2.38 bits per heavy atom. The number of nitrogens with one attached hydrogen (secondary N) is 1. The van der Waals surface area contributed by atoms with E-state index in [1.54, 1.807) is 0 Å². The zero-order chi connectivity index (χ0) is 16.4. The minimum Gasteiger partial charge on any atom is -0.480 e. The molecule has 1 aliphatic heterocycles. The van der Waals surface area contributed by atoms with E-state index in [2.05, 4.69) is 0 Å². The highest BCUT2D eigenvalue weighted by Crippen LogP contribution is 2.17. The van der Waals surface area contributed by atoms with Crippen molar-refractivity contribution in [2.75, 3.05) is 20.1 Å². The van der Waals surface area contributed by atoms with Crippen molar-refractivity contribution in [2.45, 2.75) is 18.6 Å². The Bertz CT molecular complexity index is 479. The lowest BCUT2D eigenvalue weighted by Gasteiger charge is -2.23. The van der Waals surface area contributed by atoms with Crippen LogP contribution in [-0.4, -0.2) is 71.1 Å². The number of amides is 4. The second-order valence-corrected chi connectivity index (χ2v) is 4.36. The number of hydrogen-bond acceptors (Lipinski definition) is 4. The second-order valence-electron chi connectivity index (χ2n) is 4.36. The van der Waals surface area contributed by atoms with Crippen LogP contribution in [0.4, 0.5) is 18.0 Å². The molecule has 1 fully saturated rings. The average molecular weight is 311 g/mol. The van der Waals surface area contributed by atoms with Crippen LogP contribution in [0, 0.1) is 0 Å². The predicted molar refractivity (Wildman–Crippen MR) is 60.0 cm³/mol. The Hall–Kier alpha value is -2.33. The third kappa shape index (κ3) is 4.61.